The van der Waals surface area contributed by atoms with Crippen molar-refractivity contribution in [3.63, 3.8) is 0 Å². The summed E-state index contributed by atoms with van der Waals surface area (Å²) >= 11 is 7.60. The van der Waals surface area contributed by atoms with Gasteiger partial charge in [-0.15, -0.1) is 0 Å². The fourth-order valence-corrected chi connectivity index (χ4v) is 3.20. The zero-order chi connectivity index (χ0) is 16.4. The van der Waals surface area contributed by atoms with Gasteiger partial charge in [0.2, 0.25) is 0 Å². The molecule has 2 heterocycles. The first-order chi connectivity index (χ1) is 11.1. The van der Waals surface area contributed by atoms with Crippen molar-refractivity contribution >= 4 is 28.9 Å². The number of halogens is 1. The number of hydrogen-bond donors (Lipinski definition) is 0. The molecule has 0 saturated heterocycles. The molecule has 0 spiro atoms. The van der Waals surface area contributed by atoms with E-state index in [2.05, 4.69) is 5.10 Å². The lowest BCUT2D eigenvalue weighted by atomic mass is 10.0. The van der Waals surface area contributed by atoms with E-state index >= 15 is 0 Å². The fourth-order valence-electron chi connectivity index (χ4n) is 2.46. The van der Waals surface area contributed by atoms with Gasteiger partial charge in [-0.05, 0) is 30.5 Å². The average molecular weight is 347 g/mol. The highest BCUT2D eigenvalue weighted by Gasteiger charge is 2.20. The standard InChI is InChI=1S/C17H15ClN2O2S/c1-11-15(9-16(21)22-2)17(12-3-5-13(18)6-4-12)20(19-11)14-7-8-23-10-14/h3-8,10H,9H2,1-2H3. The second-order valence-electron chi connectivity index (χ2n) is 5.07. The van der Waals surface area contributed by atoms with Crippen LogP contribution in [-0.2, 0) is 16.0 Å². The number of carbonyl (C=O) groups excluding carboxylic acids is 1. The minimum atomic E-state index is -0.284. The number of benzene rings is 1. The molecule has 0 fully saturated rings. The van der Waals surface area contributed by atoms with E-state index < -0.39 is 0 Å². The van der Waals surface area contributed by atoms with Crippen LogP contribution in [0.25, 0.3) is 16.9 Å². The first kappa shape index (κ1) is 15.8. The van der Waals surface area contributed by atoms with Crippen LogP contribution in [0.2, 0.25) is 5.02 Å². The molecule has 1 aromatic carbocycles. The van der Waals surface area contributed by atoms with E-state index in [1.807, 2.05) is 52.7 Å². The van der Waals surface area contributed by atoms with E-state index in [4.69, 9.17) is 16.3 Å². The van der Waals surface area contributed by atoms with Crippen LogP contribution >= 0.6 is 22.9 Å². The molecule has 0 aliphatic rings. The molecule has 118 valence electrons. The lowest BCUT2D eigenvalue weighted by Gasteiger charge is -2.09. The van der Waals surface area contributed by atoms with E-state index in [1.54, 1.807) is 11.3 Å². The number of aryl methyl sites for hydroxylation is 1. The number of thiophene rings is 1. The van der Waals surface area contributed by atoms with Crippen molar-refractivity contribution < 1.29 is 9.53 Å². The Bertz CT molecular complexity index is 823. The summed E-state index contributed by atoms with van der Waals surface area (Å²) in [7, 11) is 1.39. The highest BCUT2D eigenvalue weighted by Crippen LogP contribution is 2.31. The van der Waals surface area contributed by atoms with Crippen molar-refractivity contribution in [2.45, 2.75) is 13.3 Å². The summed E-state index contributed by atoms with van der Waals surface area (Å²) in [4.78, 5) is 11.8. The van der Waals surface area contributed by atoms with Crippen LogP contribution in [0.3, 0.4) is 0 Å². The summed E-state index contributed by atoms with van der Waals surface area (Å²) in [5.74, 6) is -0.284. The van der Waals surface area contributed by atoms with Gasteiger partial charge in [0.1, 0.15) is 0 Å². The first-order valence-electron chi connectivity index (χ1n) is 7.04. The van der Waals surface area contributed by atoms with Crippen LogP contribution in [0.5, 0.6) is 0 Å². The summed E-state index contributed by atoms with van der Waals surface area (Å²) < 4.78 is 6.69. The van der Waals surface area contributed by atoms with Gasteiger partial charge in [-0.3, -0.25) is 4.79 Å². The van der Waals surface area contributed by atoms with E-state index in [9.17, 15) is 4.79 Å². The fraction of sp³-hybridized carbons (Fsp3) is 0.176. The molecule has 23 heavy (non-hydrogen) atoms. The van der Waals surface area contributed by atoms with E-state index in [0.717, 1.165) is 28.2 Å². The maximum Gasteiger partial charge on any atom is 0.310 e. The summed E-state index contributed by atoms with van der Waals surface area (Å²) in [6, 6.07) is 9.53. The number of esters is 1. The first-order valence-corrected chi connectivity index (χ1v) is 8.36. The second kappa shape index (κ2) is 6.56. The van der Waals surface area contributed by atoms with Gasteiger partial charge in [0.25, 0.3) is 0 Å². The van der Waals surface area contributed by atoms with Gasteiger partial charge in [0.15, 0.2) is 0 Å². The van der Waals surface area contributed by atoms with Gasteiger partial charge in [0.05, 0.1) is 30.6 Å². The highest BCUT2D eigenvalue weighted by molar-refractivity contribution is 7.08. The Balaban J connectivity index is 2.19. The quantitative estimate of drug-likeness (QED) is 0.662. The van der Waals surface area contributed by atoms with E-state index in [0.29, 0.717) is 5.02 Å². The van der Waals surface area contributed by atoms with Gasteiger partial charge in [-0.1, -0.05) is 23.7 Å². The van der Waals surface area contributed by atoms with Gasteiger partial charge < -0.3 is 4.74 Å². The Morgan fingerprint density at radius 2 is 2.04 bits per heavy atom. The molecule has 0 atom stereocenters. The number of rotatable bonds is 4. The van der Waals surface area contributed by atoms with Crippen molar-refractivity contribution in [3.05, 3.63) is 57.4 Å². The van der Waals surface area contributed by atoms with Gasteiger partial charge in [0, 0.05) is 21.5 Å². The van der Waals surface area contributed by atoms with E-state index in [1.165, 1.54) is 7.11 Å². The monoisotopic (exact) mass is 346 g/mol. The number of methoxy groups -OCH3 is 1. The predicted octanol–water partition coefficient (Wildman–Crippen LogP) is 4.28. The number of hydrogen-bond acceptors (Lipinski definition) is 4. The molecular weight excluding hydrogens is 332 g/mol. The molecule has 0 amide bonds. The SMILES string of the molecule is COC(=O)Cc1c(C)nn(-c2ccsc2)c1-c1ccc(Cl)cc1. The Labute approximate surface area is 143 Å². The Hall–Kier alpha value is -2.11. The maximum atomic E-state index is 11.8. The second-order valence-corrected chi connectivity index (χ2v) is 6.28. The van der Waals surface area contributed by atoms with Gasteiger partial charge in [-0.25, -0.2) is 4.68 Å². The molecule has 4 nitrogen and oxygen atoms in total. The smallest absolute Gasteiger partial charge is 0.310 e. The highest BCUT2D eigenvalue weighted by atomic mass is 35.5. The molecule has 0 radical (unpaired) electrons. The van der Waals surface area contributed by atoms with Crippen molar-refractivity contribution in [2.24, 2.45) is 0 Å². The molecule has 0 unspecified atom stereocenters. The van der Waals surface area contributed by atoms with Crippen LogP contribution in [-0.4, -0.2) is 22.9 Å². The Morgan fingerprint density at radius 1 is 1.30 bits per heavy atom. The summed E-state index contributed by atoms with van der Waals surface area (Å²) in [5.41, 5.74) is 4.50. The maximum absolute atomic E-state index is 11.8. The topological polar surface area (TPSA) is 44.1 Å². The summed E-state index contributed by atoms with van der Waals surface area (Å²) in [6.07, 6.45) is 0.185. The molecule has 0 N–H and O–H groups in total. The molecule has 3 aromatic rings. The molecule has 6 heteroatoms. The molecule has 0 aliphatic carbocycles. The van der Waals surface area contributed by atoms with Gasteiger partial charge >= 0.3 is 5.97 Å². The minimum absolute atomic E-state index is 0.185. The number of aromatic nitrogens is 2. The lowest BCUT2D eigenvalue weighted by Crippen LogP contribution is -2.06. The minimum Gasteiger partial charge on any atom is -0.469 e. The third-order valence-electron chi connectivity index (χ3n) is 3.60. The van der Waals surface area contributed by atoms with Crippen LogP contribution in [0.4, 0.5) is 0 Å². The number of carbonyl (C=O) groups is 1. The number of ether oxygens (including phenoxy) is 1. The molecule has 3 rings (SSSR count). The van der Waals surface area contributed by atoms with Crippen molar-refractivity contribution in [1.29, 1.82) is 0 Å². The van der Waals surface area contributed by atoms with Crippen LogP contribution in [0.1, 0.15) is 11.3 Å². The zero-order valence-corrected chi connectivity index (χ0v) is 14.3. The van der Waals surface area contributed by atoms with Crippen molar-refractivity contribution in [1.82, 2.24) is 9.78 Å². The van der Waals surface area contributed by atoms with Crippen LogP contribution < -0.4 is 0 Å². The largest absolute Gasteiger partial charge is 0.469 e. The summed E-state index contributed by atoms with van der Waals surface area (Å²) in [6.45, 7) is 1.90. The van der Waals surface area contributed by atoms with Crippen molar-refractivity contribution in [3.8, 4) is 16.9 Å². The molecule has 0 saturated carbocycles. The van der Waals surface area contributed by atoms with Crippen LogP contribution in [0.15, 0.2) is 41.1 Å². The molecule has 0 bridgehead atoms. The third kappa shape index (κ3) is 3.16. The number of nitrogens with zero attached hydrogens (tertiary/aromatic N) is 2. The normalized spacial score (nSPS) is 10.7. The van der Waals surface area contributed by atoms with Crippen molar-refractivity contribution in [2.75, 3.05) is 7.11 Å². The Morgan fingerprint density at radius 3 is 2.65 bits per heavy atom. The third-order valence-corrected chi connectivity index (χ3v) is 4.52. The molecule has 0 aliphatic heterocycles. The lowest BCUT2D eigenvalue weighted by molar-refractivity contribution is -0.139. The predicted molar refractivity (Wildman–Crippen MR) is 92.3 cm³/mol. The average Bonchev–Trinajstić information content (AvgIpc) is 3.17. The van der Waals surface area contributed by atoms with Crippen LogP contribution in [0, 0.1) is 6.92 Å². The molecule has 2 aromatic heterocycles. The Kier molecular flexibility index (Phi) is 4.50. The molecular formula is C17H15ClN2O2S. The zero-order valence-electron chi connectivity index (χ0n) is 12.7. The van der Waals surface area contributed by atoms with Gasteiger partial charge in [-0.2, -0.15) is 16.4 Å². The van der Waals surface area contributed by atoms with E-state index in [-0.39, 0.29) is 12.4 Å². The summed E-state index contributed by atoms with van der Waals surface area (Å²) in [5, 5.41) is 9.31.